The van der Waals surface area contributed by atoms with Gasteiger partial charge in [-0.1, -0.05) is 18.2 Å². The SMILES string of the molecule is COc1ccc(OC)c2[nH]c(C(=O)N[C@H]3CCCc4c3[nH]c3ccccc43)cc12. The highest BCUT2D eigenvalue weighted by atomic mass is 16.5. The van der Waals surface area contributed by atoms with Crippen molar-refractivity contribution in [3.05, 3.63) is 59.4 Å². The van der Waals surface area contributed by atoms with Crippen LogP contribution in [0.1, 0.15) is 40.6 Å². The second-order valence-electron chi connectivity index (χ2n) is 7.42. The zero-order chi connectivity index (χ0) is 20.0. The number of rotatable bonds is 4. The van der Waals surface area contributed by atoms with Gasteiger partial charge in [0.1, 0.15) is 17.2 Å². The van der Waals surface area contributed by atoms with Crippen LogP contribution in [-0.2, 0) is 6.42 Å². The molecule has 1 amide bonds. The molecule has 0 unspecified atom stereocenters. The van der Waals surface area contributed by atoms with Crippen molar-refractivity contribution in [3.63, 3.8) is 0 Å². The van der Waals surface area contributed by atoms with Crippen LogP contribution >= 0.6 is 0 Å². The van der Waals surface area contributed by atoms with Crippen LogP contribution in [0.15, 0.2) is 42.5 Å². The Kier molecular flexibility index (Phi) is 4.19. The van der Waals surface area contributed by atoms with Crippen molar-refractivity contribution in [2.75, 3.05) is 14.2 Å². The molecule has 0 aliphatic heterocycles. The summed E-state index contributed by atoms with van der Waals surface area (Å²) in [4.78, 5) is 19.8. The Hall–Kier alpha value is -3.41. The predicted molar refractivity (Wildman–Crippen MR) is 113 cm³/mol. The number of ether oxygens (including phenoxy) is 2. The molecule has 0 saturated carbocycles. The number of fused-ring (bicyclic) bond motifs is 4. The number of H-pyrrole nitrogens is 2. The van der Waals surface area contributed by atoms with Gasteiger partial charge in [0, 0.05) is 22.0 Å². The molecule has 29 heavy (non-hydrogen) atoms. The smallest absolute Gasteiger partial charge is 0.268 e. The van der Waals surface area contributed by atoms with Crippen LogP contribution in [0, 0.1) is 0 Å². The standard InChI is InChI=1S/C23H23N3O3/c1-28-19-10-11-20(29-2)22-15(19)12-18(25-22)23(27)26-17-9-5-7-14-13-6-3-4-8-16(13)24-21(14)17/h3-4,6,8,10-12,17,24-25H,5,7,9H2,1-2H3,(H,26,27)/t17-/m0/s1. The van der Waals surface area contributed by atoms with Crippen molar-refractivity contribution in [1.82, 2.24) is 15.3 Å². The minimum Gasteiger partial charge on any atom is -0.496 e. The van der Waals surface area contributed by atoms with Gasteiger partial charge in [0.05, 0.1) is 25.8 Å². The highest BCUT2D eigenvalue weighted by Crippen LogP contribution is 2.36. The first-order valence-electron chi connectivity index (χ1n) is 9.83. The normalized spacial score (nSPS) is 16.0. The molecule has 1 atom stereocenters. The first-order chi connectivity index (χ1) is 14.2. The number of hydrogen-bond donors (Lipinski definition) is 3. The van der Waals surface area contributed by atoms with E-state index in [-0.39, 0.29) is 11.9 Å². The molecule has 0 fully saturated rings. The molecule has 2 heterocycles. The molecule has 4 aromatic rings. The van der Waals surface area contributed by atoms with Crippen LogP contribution in [-0.4, -0.2) is 30.1 Å². The summed E-state index contributed by atoms with van der Waals surface area (Å²) in [6.45, 7) is 0. The zero-order valence-corrected chi connectivity index (χ0v) is 16.5. The van der Waals surface area contributed by atoms with E-state index in [0.29, 0.717) is 17.2 Å². The van der Waals surface area contributed by atoms with Crippen molar-refractivity contribution >= 4 is 27.7 Å². The van der Waals surface area contributed by atoms with Crippen LogP contribution in [0.3, 0.4) is 0 Å². The Labute approximate surface area is 168 Å². The minimum atomic E-state index is -0.137. The highest BCUT2D eigenvalue weighted by molar-refractivity contribution is 6.01. The number of carbonyl (C=O) groups excluding carboxylic acids is 1. The van der Waals surface area contributed by atoms with Crippen LogP contribution in [0.5, 0.6) is 11.5 Å². The van der Waals surface area contributed by atoms with Gasteiger partial charge in [0.15, 0.2) is 0 Å². The lowest BCUT2D eigenvalue weighted by molar-refractivity contribution is 0.0927. The topological polar surface area (TPSA) is 79.1 Å². The Balaban J connectivity index is 1.49. The van der Waals surface area contributed by atoms with Gasteiger partial charge in [-0.2, -0.15) is 0 Å². The molecular formula is C23H23N3O3. The molecule has 0 bridgehead atoms. The van der Waals surface area contributed by atoms with Crippen molar-refractivity contribution in [3.8, 4) is 11.5 Å². The van der Waals surface area contributed by atoms with E-state index in [1.54, 1.807) is 14.2 Å². The minimum absolute atomic E-state index is 0.0335. The van der Waals surface area contributed by atoms with Crippen LogP contribution in [0.4, 0.5) is 0 Å². The molecule has 0 spiro atoms. The number of para-hydroxylation sites is 1. The molecule has 0 radical (unpaired) electrons. The largest absolute Gasteiger partial charge is 0.496 e. The third kappa shape index (κ3) is 2.83. The first kappa shape index (κ1) is 17.7. The molecule has 1 aliphatic carbocycles. The fourth-order valence-corrected chi connectivity index (χ4v) is 4.43. The maximum absolute atomic E-state index is 13.1. The van der Waals surface area contributed by atoms with E-state index in [0.717, 1.165) is 41.4 Å². The van der Waals surface area contributed by atoms with E-state index in [2.05, 4.69) is 33.5 Å². The predicted octanol–water partition coefficient (Wildman–Crippen LogP) is 4.47. The number of benzene rings is 2. The molecule has 2 aromatic carbocycles. The number of aryl methyl sites for hydroxylation is 1. The summed E-state index contributed by atoms with van der Waals surface area (Å²) in [6, 6.07) is 13.8. The van der Waals surface area contributed by atoms with Crippen molar-refractivity contribution < 1.29 is 14.3 Å². The fourth-order valence-electron chi connectivity index (χ4n) is 4.43. The van der Waals surface area contributed by atoms with Crippen LogP contribution < -0.4 is 14.8 Å². The Morgan fingerprint density at radius 1 is 1.03 bits per heavy atom. The molecule has 148 valence electrons. The van der Waals surface area contributed by atoms with Crippen molar-refractivity contribution in [2.45, 2.75) is 25.3 Å². The number of carbonyl (C=O) groups is 1. The van der Waals surface area contributed by atoms with Gasteiger partial charge in [-0.15, -0.1) is 0 Å². The quantitative estimate of drug-likeness (QED) is 0.482. The number of methoxy groups -OCH3 is 2. The van der Waals surface area contributed by atoms with E-state index in [4.69, 9.17) is 9.47 Å². The molecule has 2 aromatic heterocycles. The summed E-state index contributed by atoms with van der Waals surface area (Å²) < 4.78 is 10.9. The summed E-state index contributed by atoms with van der Waals surface area (Å²) in [5.41, 5.74) is 4.81. The van der Waals surface area contributed by atoms with Gasteiger partial charge in [0.2, 0.25) is 0 Å². The van der Waals surface area contributed by atoms with Gasteiger partial charge in [-0.05, 0) is 49.1 Å². The maximum Gasteiger partial charge on any atom is 0.268 e. The van der Waals surface area contributed by atoms with E-state index in [1.165, 1.54) is 10.9 Å². The van der Waals surface area contributed by atoms with Gasteiger partial charge >= 0.3 is 0 Å². The number of aromatic amines is 2. The van der Waals surface area contributed by atoms with Gasteiger partial charge in [-0.25, -0.2) is 0 Å². The average molecular weight is 389 g/mol. The highest BCUT2D eigenvalue weighted by Gasteiger charge is 2.26. The second-order valence-corrected chi connectivity index (χ2v) is 7.42. The van der Waals surface area contributed by atoms with Gasteiger partial charge < -0.3 is 24.8 Å². The number of aromatic nitrogens is 2. The fraction of sp³-hybridized carbons (Fsp3) is 0.261. The van der Waals surface area contributed by atoms with Crippen LogP contribution in [0.25, 0.3) is 21.8 Å². The lowest BCUT2D eigenvalue weighted by Gasteiger charge is -2.23. The van der Waals surface area contributed by atoms with E-state index < -0.39 is 0 Å². The lowest BCUT2D eigenvalue weighted by atomic mass is 9.91. The summed E-state index contributed by atoms with van der Waals surface area (Å²) >= 11 is 0. The van der Waals surface area contributed by atoms with Gasteiger partial charge in [-0.3, -0.25) is 4.79 Å². The average Bonchev–Trinajstić information content (AvgIpc) is 3.36. The van der Waals surface area contributed by atoms with Crippen molar-refractivity contribution in [1.29, 1.82) is 0 Å². The van der Waals surface area contributed by atoms with E-state index in [1.807, 2.05) is 24.3 Å². The lowest BCUT2D eigenvalue weighted by Crippen LogP contribution is -2.31. The summed E-state index contributed by atoms with van der Waals surface area (Å²) in [5, 5.41) is 5.28. The van der Waals surface area contributed by atoms with Gasteiger partial charge in [0.25, 0.3) is 5.91 Å². The Morgan fingerprint density at radius 3 is 2.66 bits per heavy atom. The molecule has 6 nitrogen and oxygen atoms in total. The number of nitrogens with one attached hydrogen (secondary N) is 3. The molecule has 0 saturated heterocycles. The third-order valence-electron chi connectivity index (χ3n) is 5.82. The third-order valence-corrected chi connectivity index (χ3v) is 5.82. The van der Waals surface area contributed by atoms with E-state index >= 15 is 0 Å². The zero-order valence-electron chi connectivity index (χ0n) is 16.5. The molecule has 1 aliphatic rings. The summed E-state index contributed by atoms with van der Waals surface area (Å²) in [5.74, 6) is 1.24. The molecule has 3 N–H and O–H groups in total. The van der Waals surface area contributed by atoms with Crippen molar-refractivity contribution in [2.24, 2.45) is 0 Å². The Morgan fingerprint density at radius 2 is 1.83 bits per heavy atom. The van der Waals surface area contributed by atoms with Crippen LogP contribution in [0.2, 0.25) is 0 Å². The van der Waals surface area contributed by atoms with E-state index in [9.17, 15) is 4.79 Å². The molecule has 6 heteroatoms. The maximum atomic E-state index is 13.1. The summed E-state index contributed by atoms with van der Waals surface area (Å²) in [7, 11) is 3.23. The number of amides is 1. The summed E-state index contributed by atoms with van der Waals surface area (Å²) in [6.07, 6.45) is 3.00. The second kappa shape index (κ2) is 6.88. The molecular weight excluding hydrogens is 366 g/mol. The molecule has 5 rings (SSSR count). The first-order valence-corrected chi connectivity index (χ1v) is 9.83. The number of hydrogen-bond acceptors (Lipinski definition) is 3. The monoisotopic (exact) mass is 389 g/mol. The Bertz CT molecular complexity index is 1180.